The predicted octanol–water partition coefficient (Wildman–Crippen LogP) is 1.28. The van der Waals surface area contributed by atoms with E-state index >= 15 is 0 Å². The molecule has 0 saturated carbocycles. The molecule has 2 fully saturated rings. The van der Waals surface area contributed by atoms with Crippen LogP contribution in [0.3, 0.4) is 0 Å². The summed E-state index contributed by atoms with van der Waals surface area (Å²) >= 11 is 0. The molecule has 1 amide bonds. The van der Waals surface area contributed by atoms with Gasteiger partial charge in [0.2, 0.25) is 5.91 Å². The summed E-state index contributed by atoms with van der Waals surface area (Å²) in [5.74, 6) is 0.373. The summed E-state index contributed by atoms with van der Waals surface area (Å²) < 4.78 is 23.6. The standard InChI is InChI=1S/C17H33N3O3S.ClH/c1-5-8-20(14-7-10-24(22,23)11-14)16(21)13(2)19-9-6-15(18)17(3,4)12-19;/h13-15H,5-12,18H2,1-4H3;1H. The minimum atomic E-state index is -2.99. The zero-order chi connectivity index (χ0) is 18.1. The van der Waals surface area contributed by atoms with Crippen molar-refractivity contribution in [1.29, 1.82) is 0 Å². The van der Waals surface area contributed by atoms with Gasteiger partial charge in [0.15, 0.2) is 9.84 Å². The largest absolute Gasteiger partial charge is 0.337 e. The van der Waals surface area contributed by atoms with Crippen LogP contribution in [0.2, 0.25) is 0 Å². The van der Waals surface area contributed by atoms with Crippen LogP contribution < -0.4 is 5.73 Å². The van der Waals surface area contributed by atoms with Crippen LogP contribution in [0.15, 0.2) is 0 Å². The van der Waals surface area contributed by atoms with E-state index in [0.29, 0.717) is 13.0 Å². The van der Waals surface area contributed by atoms with Gasteiger partial charge in [0.25, 0.3) is 0 Å². The molecule has 0 aliphatic carbocycles. The number of rotatable bonds is 5. The summed E-state index contributed by atoms with van der Waals surface area (Å²) in [4.78, 5) is 17.1. The fourth-order valence-corrected chi connectivity index (χ4v) is 5.61. The first-order chi connectivity index (χ1) is 11.1. The molecule has 2 saturated heterocycles. The van der Waals surface area contributed by atoms with E-state index in [1.54, 1.807) is 0 Å². The number of sulfone groups is 1. The predicted molar refractivity (Wildman–Crippen MR) is 104 cm³/mol. The summed E-state index contributed by atoms with van der Waals surface area (Å²) in [6.45, 7) is 10.5. The fraction of sp³-hybridized carbons (Fsp3) is 0.941. The number of carbonyl (C=O) groups excluding carboxylic acids is 1. The molecule has 0 aromatic carbocycles. The van der Waals surface area contributed by atoms with E-state index in [2.05, 4.69) is 18.7 Å². The van der Waals surface area contributed by atoms with Crippen LogP contribution in [-0.4, -0.2) is 73.4 Å². The minimum Gasteiger partial charge on any atom is -0.337 e. The van der Waals surface area contributed by atoms with E-state index in [9.17, 15) is 13.2 Å². The molecule has 2 aliphatic rings. The molecule has 0 aromatic heterocycles. The highest BCUT2D eigenvalue weighted by atomic mass is 35.5. The minimum absolute atomic E-state index is 0. The number of nitrogens with zero attached hydrogens (tertiary/aromatic N) is 2. The van der Waals surface area contributed by atoms with Crippen molar-refractivity contribution in [3.8, 4) is 0 Å². The first-order valence-electron chi connectivity index (χ1n) is 9.08. The Kier molecular flexibility index (Phi) is 7.75. The molecule has 0 bridgehead atoms. The number of carbonyl (C=O) groups is 1. The van der Waals surface area contributed by atoms with Gasteiger partial charge in [0.05, 0.1) is 17.5 Å². The number of halogens is 1. The van der Waals surface area contributed by atoms with Crippen LogP contribution in [0.5, 0.6) is 0 Å². The third kappa shape index (κ3) is 5.31. The third-order valence-electron chi connectivity index (χ3n) is 5.64. The van der Waals surface area contributed by atoms with E-state index in [1.807, 2.05) is 18.7 Å². The molecule has 2 aliphatic heterocycles. The van der Waals surface area contributed by atoms with Crippen molar-refractivity contribution in [2.24, 2.45) is 11.1 Å². The van der Waals surface area contributed by atoms with Gasteiger partial charge in [-0.2, -0.15) is 0 Å². The molecule has 3 atom stereocenters. The van der Waals surface area contributed by atoms with E-state index < -0.39 is 9.84 Å². The fourth-order valence-electron chi connectivity index (χ4n) is 3.88. The summed E-state index contributed by atoms with van der Waals surface area (Å²) in [5.41, 5.74) is 6.18. The maximum atomic E-state index is 13.1. The Balaban J connectivity index is 0.00000312. The average Bonchev–Trinajstić information content (AvgIpc) is 2.86. The third-order valence-corrected chi connectivity index (χ3v) is 7.39. The van der Waals surface area contributed by atoms with Crippen LogP contribution in [0, 0.1) is 5.41 Å². The van der Waals surface area contributed by atoms with Gasteiger partial charge in [-0.3, -0.25) is 9.69 Å². The second-order valence-electron chi connectivity index (χ2n) is 8.12. The van der Waals surface area contributed by atoms with Crippen LogP contribution in [0.1, 0.15) is 47.0 Å². The molecule has 0 radical (unpaired) electrons. The van der Waals surface area contributed by atoms with E-state index in [1.165, 1.54) is 0 Å². The van der Waals surface area contributed by atoms with Gasteiger partial charge >= 0.3 is 0 Å². The maximum absolute atomic E-state index is 13.1. The van der Waals surface area contributed by atoms with Crippen LogP contribution in [0.4, 0.5) is 0 Å². The first-order valence-corrected chi connectivity index (χ1v) is 10.9. The Labute approximate surface area is 158 Å². The molecule has 0 spiro atoms. The summed E-state index contributed by atoms with van der Waals surface area (Å²) in [7, 11) is -2.99. The van der Waals surface area contributed by atoms with Gasteiger partial charge in [0, 0.05) is 31.7 Å². The molecule has 2 heterocycles. The quantitative estimate of drug-likeness (QED) is 0.758. The Morgan fingerprint density at radius 3 is 2.48 bits per heavy atom. The maximum Gasteiger partial charge on any atom is 0.239 e. The van der Waals surface area contributed by atoms with Crippen molar-refractivity contribution in [1.82, 2.24) is 9.80 Å². The molecular formula is C17H34ClN3O3S. The van der Waals surface area contributed by atoms with Crippen molar-refractivity contribution < 1.29 is 13.2 Å². The molecule has 0 aromatic rings. The second kappa shape index (κ2) is 8.55. The summed E-state index contributed by atoms with van der Waals surface area (Å²) in [5, 5.41) is 0. The number of hydrogen-bond donors (Lipinski definition) is 1. The Morgan fingerprint density at radius 2 is 2.00 bits per heavy atom. The van der Waals surface area contributed by atoms with Gasteiger partial charge in [-0.15, -0.1) is 12.4 Å². The lowest BCUT2D eigenvalue weighted by atomic mass is 9.79. The van der Waals surface area contributed by atoms with Crippen molar-refractivity contribution in [3.63, 3.8) is 0 Å². The first kappa shape index (κ1) is 22.7. The lowest BCUT2D eigenvalue weighted by molar-refractivity contribution is -0.139. The van der Waals surface area contributed by atoms with Gasteiger partial charge in [-0.1, -0.05) is 20.8 Å². The zero-order valence-corrected chi connectivity index (χ0v) is 17.5. The van der Waals surface area contributed by atoms with Crippen molar-refractivity contribution in [2.45, 2.75) is 65.1 Å². The molecular weight excluding hydrogens is 362 g/mol. The monoisotopic (exact) mass is 395 g/mol. The van der Waals surface area contributed by atoms with Gasteiger partial charge < -0.3 is 10.6 Å². The number of nitrogens with two attached hydrogens (primary N) is 1. The van der Waals surface area contributed by atoms with Crippen molar-refractivity contribution in [3.05, 3.63) is 0 Å². The van der Waals surface area contributed by atoms with Crippen molar-refractivity contribution in [2.75, 3.05) is 31.1 Å². The Hall–Kier alpha value is -0.370. The normalized spacial score (nSPS) is 29.6. The SMILES string of the molecule is CCCN(C(=O)C(C)N1CCC(N)C(C)(C)C1)C1CCS(=O)(=O)C1.Cl. The number of likely N-dealkylation sites (tertiary alicyclic amines) is 1. The molecule has 2 rings (SSSR count). The van der Waals surface area contributed by atoms with Gasteiger partial charge in [0.1, 0.15) is 0 Å². The number of amides is 1. The van der Waals surface area contributed by atoms with Gasteiger partial charge in [-0.05, 0) is 31.6 Å². The highest BCUT2D eigenvalue weighted by Gasteiger charge is 2.40. The van der Waals surface area contributed by atoms with E-state index in [-0.39, 0.29) is 53.4 Å². The average molecular weight is 396 g/mol. The zero-order valence-electron chi connectivity index (χ0n) is 15.9. The molecule has 148 valence electrons. The van der Waals surface area contributed by atoms with Crippen LogP contribution in [-0.2, 0) is 14.6 Å². The Bertz CT molecular complexity index is 567. The van der Waals surface area contributed by atoms with E-state index in [0.717, 1.165) is 25.9 Å². The lowest BCUT2D eigenvalue weighted by Gasteiger charge is -2.45. The number of piperidine rings is 1. The number of hydrogen-bond acceptors (Lipinski definition) is 5. The van der Waals surface area contributed by atoms with Crippen LogP contribution >= 0.6 is 12.4 Å². The topological polar surface area (TPSA) is 83.7 Å². The molecule has 6 nitrogen and oxygen atoms in total. The second-order valence-corrected chi connectivity index (χ2v) is 10.3. The molecule has 8 heteroatoms. The van der Waals surface area contributed by atoms with E-state index in [4.69, 9.17) is 5.73 Å². The van der Waals surface area contributed by atoms with Crippen molar-refractivity contribution >= 4 is 28.2 Å². The molecule has 2 N–H and O–H groups in total. The molecule has 3 unspecified atom stereocenters. The van der Waals surface area contributed by atoms with Crippen LogP contribution in [0.25, 0.3) is 0 Å². The summed E-state index contributed by atoms with van der Waals surface area (Å²) in [6, 6.07) is -0.237. The lowest BCUT2D eigenvalue weighted by Crippen LogP contribution is -2.58. The summed E-state index contributed by atoms with van der Waals surface area (Å²) in [6.07, 6.45) is 2.29. The highest BCUT2D eigenvalue weighted by Crippen LogP contribution is 2.29. The van der Waals surface area contributed by atoms with Gasteiger partial charge in [-0.25, -0.2) is 8.42 Å². The molecule has 25 heavy (non-hydrogen) atoms. The highest BCUT2D eigenvalue weighted by molar-refractivity contribution is 7.91. The smallest absolute Gasteiger partial charge is 0.239 e. The Morgan fingerprint density at radius 1 is 1.36 bits per heavy atom.